The molecule has 0 aromatic carbocycles. The highest BCUT2D eigenvalue weighted by Crippen LogP contribution is 2.62. The summed E-state index contributed by atoms with van der Waals surface area (Å²) in [6.45, 7) is 4.04. The van der Waals surface area contributed by atoms with Crippen LogP contribution in [0.15, 0.2) is 9.59 Å². The number of hydrogen-bond acceptors (Lipinski definition) is 7. The summed E-state index contributed by atoms with van der Waals surface area (Å²) in [5.74, 6) is -0.981. The van der Waals surface area contributed by atoms with Gasteiger partial charge >= 0.3 is 11.7 Å². The predicted octanol–water partition coefficient (Wildman–Crippen LogP) is 1.36. The second kappa shape index (κ2) is 8.67. The maximum atomic E-state index is 13.6. The largest absolute Gasteiger partial charge is 0.494 e. The molecule has 3 aliphatic carbocycles. The first-order chi connectivity index (χ1) is 18.4. The summed E-state index contributed by atoms with van der Waals surface area (Å²) in [5, 5.41) is 18.7. The molecule has 2 aliphatic heterocycles. The van der Waals surface area contributed by atoms with Gasteiger partial charge in [0.25, 0.3) is 11.5 Å². The van der Waals surface area contributed by atoms with Crippen LogP contribution in [0.1, 0.15) is 76.3 Å². The lowest BCUT2D eigenvalue weighted by Crippen LogP contribution is -2.65. The smallest absolute Gasteiger partial charge is 0.334 e. The number of nitrogens with one attached hydrogen (secondary N) is 1. The van der Waals surface area contributed by atoms with Crippen molar-refractivity contribution in [1.82, 2.24) is 18.9 Å². The average Bonchev–Trinajstić information content (AvgIpc) is 2.99. The summed E-state index contributed by atoms with van der Waals surface area (Å²) in [6.07, 6.45) is 6.59. The van der Waals surface area contributed by atoms with Crippen molar-refractivity contribution in [3.05, 3.63) is 26.4 Å². The molecule has 5 fully saturated rings. The normalized spacial score (nSPS) is 31.9. The van der Waals surface area contributed by atoms with Gasteiger partial charge in [0.2, 0.25) is 5.88 Å². The maximum Gasteiger partial charge on any atom is 0.334 e. The van der Waals surface area contributed by atoms with E-state index in [4.69, 9.17) is 15.9 Å². The number of nitrogen functional groups attached to an aromatic ring is 1. The first kappa shape index (κ1) is 26.1. The van der Waals surface area contributed by atoms with Crippen LogP contribution in [-0.4, -0.2) is 74.2 Å². The number of rotatable bonds is 6. The number of imide groups is 1. The molecule has 2 spiro atoms. The molecule has 0 atom stereocenters. The van der Waals surface area contributed by atoms with Crippen LogP contribution < -0.4 is 17.0 Å². The number of likely N-dealkylation sites (N-methyl/N-ethyl adjacent to an activating group) is 1. The Morgan fingerprint density at radius 3 is 2.26 bits per heavy atom. The Hall–Kier alpha value is -3.15. The summed E-state index contributed by atoms with van der Waals surface area (Å²) in [5.41, 5.74) is 3.00. The Morgan fingerprint density at radius 2 is 1.74 bits per heavy atom. The zero-order chi connectivity index (χ0) is 27.9. The molecule has 0 unspecified atom stereocenters. The van der Waals surface area contributed by atoms with Crippen molar-refractivity contribution in [2.24, 2.45) is 22.5 Å². The van der Waals surface area contributed by atoms with Crippen LogP contribution in [-0.2, 0) is 16.1 Å². The minimum atomic E-state index is -0.809. The van der Waals surface area contributed by atoms with Crippen molar-refractivity contribution in [1.29, 1.82) is 5.41 Å². The summed E-state index contributed by atoms with van der Waals surface area (Å²) in [7, 11) is 1.55. The highest BCUT2D eigenvalue weighted by Gasteiger charge is 2.68. The minimum absolute atomic E-state index is 0.131. The standard InChI is InChI=1S/C27H38N6O6/c1-25(6-3-7-25)15-31-20(34)18(19(28)29)21(35)33(24(31)38)17-4-8-26(9-5-17)13-27(14-26)22(36)30(2)23(37)32(27)10-16-11-39-12-16/h16-17,34H,3-15H2,1-2H3,(H3,28,29). The summed E-state index contributed by atoms with van der Waals surface area (Å²) in [4.78, 5) is 56.1. The van der Waals surface area contributed by atoms with Crippen LogP contribution in [0.4, 0.5) is 4.79 Å². The Bertz CT molecular complexity index is 1360. The third-order valence-corrected chi connectivity index (χ3v) is 10.3. The molecule has 4 N–H and O–H groups in total. The fraction of sp³-hybridized carbons (Fsp3) is 0.741. The number of aromatic nitrogens is 2. The van der Waals surface area contributed by atoms with E-state index >= 15 is 0 Å². The fourth-order valence-corrected chi connectivity index (χ4v) is 7.82. The number of amidine groups is 1. The number of hydrogen-bond donors (Lipinski definition) is 3. The Labute approximate surface area is 226 Å². The molecule has 2 saturated heterocycles. The molecular formula is C27H38N6O6. The van der Waals surface area contributed by atoms with Crippen LogP contribution in [0.25, 0.3) is 0 Å². The number of nitrogens with two attached hydrogens (primary N) is 1. The van der Waals surface area contributed by atoms with Gasteiger partial charge in [0.05, 0.1) is 13.2 Å². The SMILES string of the molecule is CN1C(=O)N(CC2COC2)C2(CC3(CCC(n4c(=O)c(C(=N)N)c(O)n(CC5(C)CCC5)c4=O)CC3)C2)C1=O. The first-order valence-corrected chi connectivity index (χ1v) is 14.0. The van der Waals surface area contributed by atoms with E-state index in [1.165, 1.54) is 14.0 Å². The van der Waals surface area contributed by atoms with Crippen molar-refractivity contribution in [3.63, 3.8) is 0 Å². The third kappa shape index (κ3) is 3.77. The molecule has 3 heterocycles. The number of nitrogens with zero attached hydrogens (tertiary/aromatic N) is 4. The van der Waals surface area contributed by atoms with Gasteiger partial charge < -0.3 is 20.5 Å². The van der Waals surface area contributed by atoms with Gasteiger partial charge in [0, 0.05) is 32.1 Å². The van der Waals surface area contributed by atoms with Crippen LogP contribution >= 0.6 is 0 Å². The third-order valence-electron chi connectivity index (χ3n) is 10.3. The lowest BCUT2D eigenvalue weighted by molar-refractivity contribution is -0.152. The molecule has 1 aromatic rings. The van der Waals surface area contributed by atoms with Gasteiger partial charge in [-0.2, -0.15) is 0 Å². The first-order valence-electron chi connectivity index (χ1n) is 14.0. The minimum Gasteiger partial charge on any atom is -0.494 e. The van der Waals surface area contributed by atoms with Crippen molar-refractivity contribution >= 4 is 17.8 Å². The van der Waals surface area contributed by atoms with Crippen LogP contribution in [0.3, 0.4) is 0 Å². The molecule has 5 aliphatic rings. The number of amides is 3. The van der Waals surface area contributed by atoms with Crippen LogP contribution in [0.2, 0.25) is 0 Å². The van der Waals surface area contributed by atoms with E-state index in [0.717, 1.165) is 19.3 Å². The maximum absolute atomic E-state index is 13.6. The second-order valence-electron chi connectivity index (χ2n) is 13.1. The molecule has 0 bridgehead atoms. The molecule has 12 heteroatoms. The number of carbonyl (C=O) groups excluding carboxylic acids is 2. The quantitative estimate of drug-likeness (QED) is 0.277. The van der Waals surface area contributed by atoms with E-state index in [0.29, 0.717) is 58.3 Å². The molecular weight excluding hydrogens is 504 g/mol. The van der Waals surface area contributed by atoms with E-state index in [9.17, 15) is 24.3 Å². The van der Waals surface area contributed by atoms with E-state index in [1.807, 2.05) is 0 Å². The second-order valence-corrected chi connectivity index (χ2v) is 13.1. The zero-order valence-electron chi connectivity index (χ0n) is 22.7. The van der Waals surface area contributed by atoms with Gasteiger partial charge in [0.1, 0.15) is 16.9 Å². The van der Waals surface area contributed by atoms with E-state index in [1.54, 1.807) is 11.9 Å². The number of carbonyl (C=O) groups is 2. The van der Waals surface area contributed by atoms with Crippen molar-refractivity contribution < 1.29 is 19.4 Å². The molecule has 12 nitrogen and oxygen atoms in total. The number of aromatic hydroxyl groups is 1. The van der Waals surface area contributed by atoms with E-state index in [2.05, 4.69) is 6.92 Å². The van der Waals surface area contributed by atoms with Gasteiger partial charge in [-0.1, -0.05) is 13.3 Å². The highest BCUT2D eigenvalue weighted by atomic mass is 16.5. The van der Waals surface area contributed by atoms with Gasteiger partial charge in [-0.25, -0.2) is 9.59 Å². The van der Waals surface area contributed by atoms with E-state index < -0.39 is 34.5 Å². The molecule has 3 amide bonds. The molecule has 212 valence electrons. The lowest BCUT2D eigenvalue weighted by atomic mass is 9.51. The Balaban J connectivity index is 1.24. The molecule has 1 aromatic heterocycles. The Kier molecular flexibility index (Phi) is 5.80. The van der Waals surface area contributed by atoms with Crippen molar-refractivity contribution in [2.75, 3.05) is 26.8 Å². The van der Waals surface area contributed by atoms with Gasteiger partial charge in [-0.15, -0.1) is 0 Å². The predicted molar refractivity (Wildman–Crippen MR) is 141 cm³/mol. The summed E-state index contributed by atoms with van der Waals surface area (Å²) >= 11 is 0. The zero-order valence-corrected chi connectivity index (χ0v) is 22.7. The van der Waals surface area contributed by atoms with Gasteiger partial charge in [-0.05, 0) is 62.2 Å². The molecule has 0 radical (unpaired) electrons. The molecule has 39 heavy (non-hydrogen) atoms. The molecule has 6 rings (SSSR count). The van der Waals surface area contributed by atoms with Gasteiger partial charge in [0.15, 0.2) is 0 Å². The van der Waals surface area contributed by atoms with Gasteiger partial charge in [-0.3, -0.25) is 29.0 Å². The monoisotopic (exact) mass is 542 g/mol. The highest BCUT2D eigenvalue weighted by molar-refractivity contribution is 6.07. The number of urea groups is 1. The number of ether oxygens (including phenoxy) is 1. The lowest BCUT2D eigenvalue weighted by Gasteiger charge is -2.58. The summed E-state index contributed by atoms with van der Waals surface area (Å²) < 4.78 is 7.70. The van der Waals surface area contributed by atoms with Crippen LogP contribution in [0.5, 0.6) is 5.88 Å². The summed E-state index contributed by atoms with van der Waals surface area (Å²) in [6, 6.07) is -0.637. The van der Waals surface area contributed by atoms with Crippen molar-refractivity contribution in [3.8, 4) is 5.88 Å². The van der Waals surface area contributed by atoms with E-state index in [-0.39, 0.29) is 40.8 Å². The molecule has 3 saturated carbocycles. The Morgan fingerprint density at radius 1 is 1.10 bits per heavy atom. The fourth-order valence-electron chi connectivity index (χ4n) is 7.82. The van der Waals surface area contributed by atoms with Crippen LogP contribution in [0, 0.1) is 22.2 Å². The average molecular weight is 543 g/mol. The van der Waals surface area contributed by atoms with Crippen molar-refractivity contribution in [2.45, 2.75) is 82.8 Å². The topological polar surface area (TPSA) is 164 Å².